The molecule has 1 N–H and O–H groups in total. The summed E-state index contributed by atoms with van der Waals surface area (Å²) in [5.41, 5.74) is 1.14. The van der Waals surface area contributed by atoms with Crippen LogP contribution in [0.1, 0.15) is 38.3 Å². The van der Waals surface area contributed by atoms with Gasteiger partial charge in [-0.1, -0.05) is 67.6 Å². The number of hydrogen-bond donors (Lipinski definition) is 1. The summed E-state index contributed by atoms with van der Waals surface area (Å²) in [6.45, 7) is 4.90. The largest absolute Gasteiger partial charge is 0.492 e. The molecular weight excluding hydrogens is 650 g/mol. The number of rotatable bonds is 16. The zero-order valence-corrected chi connectivity index (χ0v) is 29.3. The van der Waals surface area contributed by atoms with Gasteiger partial charge >= 0.3 is 0 Å². The predicted octanol–water partition coefficient (Wildman–Crippen LogP) is 6.70. The standard InChI is InChI=1S/C37H42FN3O5S2/c1-5-27(3)39-37(43)34(24-28-14-8-7-9-15-28)40(25-29-16-10-11-17-32(29)38)36(42)26-41(33-18-12-13-19-35(33)46-6-2)48(44,45)31-22-20-30(47-4)21-23-31/h7-23,27,34H,5-6,24-26H2,1-4H3,(H,39,43)/t27-,34+/m0/s1. The fourth-order valence-corrected chi connectivity index (χ4v) is 6.97. The molecule has 0 saturated carbocycles. The number of nitrogens with one attached hydrogen (secondary N) is 1. The van der Waals surface area contributed by atoms with E-state index >= 15 is 4.39 Å². The van der Waals surface area contributed by atoms with Gasteiger partial charge in [0.1, 0.15) is 24.2 Å². The highest BCUT2D eigenvalue weighted by atomic mass is 32.2. The Morgan fingerprint density at radius 3 is 2.19 bits per heavy atom. The Bertz CT molecular complexity index is 1770. The number of ether oxygens (including phenoxy) is 1. The summed E-state index contributed by atoms with van der Waals surface area (Å²) < 4.78 is 50.7. The molecule has 0 heterocycles. The Morgan fingerprint density at radius 2 is 1.54 bits per heavy atom. The molecule has 254 valence electrons. The lowest BCUT2D eigenvalue weighted by Crippen LogP contribution is -2.54. The first-order chi connectivity index (χ1) is 23.1. The van der Waals surface area contributed by atoms with Crippen LogP contribution in [0, 0.1) is 5.82 Å². The molecule has 0 fully saturated rings. The molecule has 11 heteroatoms. The van der Waals surface area contributed by atoms with Crippen LogP contribution >= 0.6 is 11.8 Å². The molecule has 2 atom stereocenters. The van der Waals surface area contributed by atoms with Crippen LogP contribution < -0.4 is 14.4 Å². The molecule has 4 rings (SSSR count). The minimum absolute atomic E-state index is 0.0181. The fourth-order valence-electron chi connectivity index (χ4n) is 5.13. The maximum absolute atomic E-state index is 15.1. The number of halogens is 1. The topological polar surface area (TPSA) is 96.0 Å². The fraction of sp³-hybridized carbons (Fsp3) is 0.297. The average Bonchev–Trinajstić information content (AvgIpc) is 3.10. The Kier molecular flexibility index (Phi) is 13.0. The Morgan fingerprint density at radius 1 is 0.896 bits per heavy atom. The highest BCUT2D eigenvalue weighted by Gasteiger charge is 2.36. The van der Waals surface area contributed by atoms with Crippen molar-refractivity contribution in [3.63, 3.8) is 0 Å². The smallest absolute Gasteiger partial charge is 0.264 e. The number of para-hydroxylation sites is 2. The van der Waals surface area contributed by atoms with Crippen LogP contribution in [0.5, 0.6) is 5.75 Å². The summed E-state index contributed by atoms with van der Waals surface area (Å²) in [7, 11) is -4.34. The number of carbonyl (C=O) groups excluding carboxylic acids is 2. The lowest BCUT2D eigenvalue weighted by Gasteiger charge is -2.34. The number of nitrogens with zero attached hydrogens (tertiary/aromatic N) is 2. The molecule has 0 aliphatic carbocycles. The molecule has 8 nitrogen and oxygen atoms in total. The van der Waals surface area contributed by atoms with Gasteiger partial charge in [0, 0.05) is 29.5 Å². The highest BCUT2D eigenvalue weighted by Crippen LogP contribution is 2.33. The van der Waals surface area contributed by atoms with Crippen molar-refractivity contribution in [2.45, 2.75) is 62.0 Å². The summed E-state index contributed by atoms with van der Waals surface area (Å²) in [6, 6.07) is 27.0. The molecule has 0 spiro atoms. The number of thioether (sulfide) groups is 1. The van der Waals surface area contributed by atoms with Crippen molar-refractivity contribution in [2.75, 3.05) is 23.7 Å². The van der Waals surface area contributed by atoms with Crippen LogP contribution in [0.2, 0.25) is 0 Å². The van der Waals surface area contributed by atoms with E-state index in [1.54, 1.807) is 61.5 Å². The second kappa shape index (κ2) is 17.2. The molecule has 48 heavy (non-hydrogen) atoms. The van der Waals surface area contributed by atoms with E-state index in [1.165, 1.54) is 34.9 Å². The van der Waals surface area contributed by atoms with Crippen LogP contribution in [0.4, 0.5) is 10.1 Å². The highest BCUT2D eigenvalue weighted by molar-refractivity contribution is 7.98. The third kappa shape index (κ3) is 9.17. The van der Waals surface area contributed by atoms with Crippen molar-refractivity contribution < 1.29 is 27.1 Å². The molecule has 0 aromatic heterocycles. The molecule has 0 radical (unpaired) electrons. The molecule has 4 aromatic carbocycles. The number of carbonyl (C=O) groups is 2. The minimum atomic E-state index is -4.34. The summed E-state index contributed by atoms with van der Waals surface area (Å²) >= 11 is 1.47. The van der Waals surface area contributed by atoms with Gasteiger partial charge in [-0.15, -0.1) is 11.8 Å². The third-order valence-electron chi connectivity index (χ3n) is 7.93. The quantitative estimate of drug-likeness (QED) is 0.132. The molecule has 0 aliphatic rings. The van der Waals surface area contributed by atoms with Gasteiger partial charge in [-0.05, 0) is 74.6 Å². The number of amides is 2. The summed E-state index contributed by atoms with van der Waals surface area (Å²) in [5.74, 6) is -1.38. The minimum Gasteiger partial charge on any atom is -0.492 e. The first-order valence-electron chi connectivity index (χ1n) is 15.8. The van der Waals surface area contributed by atoms with Gasteiger partial charge < -0.3 is 15.0 Å². The predicted molar refractivity (Wildman–Crippen MR) is 189 cm³/mol. The van der Waals surface area contributed by atoms with Crippen LogP contribution in [0.25, 0.3) is 0 Å². The summed E-state index contributed by atoms with van der Waals surface area (Å²) in [4.78, 5) is 30.8. The number of anilines is 1. The maximum atomic E-state index is 15.1. The first-order valence-corrected chi connectivity index (χ1v) is 18.5. The SMILES string of the molecule is CCOc1ccccc1N(CC(=O)N(Cc1ccccc1F)[C@H](Cc1ccccc1)C(=O)N[C@@H](C)CC)S(=O)(=O)c1ccc(SC)cc1. The van der Waals surface area contributed by atoms with Gasteiger partial charge in [0.05, 0.1) is 17.2 Å². The third-order valence-corrected chi connectivity index (χ3v) is 10.4. The van der Waals surface area contributed by atoms with E-state index in [9.17, 15) is 18.0 Å². The van der Waals surface area contributed by atoms with E-state index in [1.807, 2.05) is 50.4 Å². The zero-order chi connectivity index (χ0) is 34.7. The Hall–Kier alpha value is -4.35. The van der Waals surface area contributed by atoms with E-state index < -0.39 is 40.2 Å². The zero-order valence-electron chi connectivity index (χ0n) is 27.6. The van der Waals surface area contributed by atoms with Crippen molar-refractivity contribution in [1.29, 1.82) is 0 Å². The molecule has 0 bridgehead atoms. The van der Waals surface area contributed by atoms with Crippen molar-refractivity contribution in [1.82, 2.24) is 10.2 Å². The van der Waals surface area contributed by atoms with E-state index in [4.69, 9.17) is 4.74 Å². The van der Waals surface area contributed by atoms with Crippen LogP contribution in [-0.4, -0.2) is 56.6 Å². The summed E-state index contributed by atoms with van der Waals surface area (Å²) in [5, 5.41) is 2.98. The van der Waals surface area contributed by atoms with Crippen molar-refractivity contribution >= 4 is 39.3 Å². The van der Waals surface area contributed by atoms with Crippen molar-refractivity contribution in [3.05, 3.63) is 120 Å². The van der Waals surface area contributed by atoms with Gasteiger partial charge in [0.15, 0.2) is 0 Å². The number of benzene rings is 4. The average molecular weight is 692 g/mol. The normalized spacial score (nSPS) is 12.5. The lowest BCUT2D eigenvalue weighted by atomic mass is 10.0. The molecule has 4 aromatic rings. The summed E-state index contributed by atoms with van der Waals surface area (Å²) in [6.07, 6.45) is 2.67. The van der Waals surface area contributed by atoms with E-state index in [-0.39, 0.29) is 47.5 Å². The second-order valence-electron chi connectivity index (χ2n) is 11.2. The Labute approximate surface area is 287 Å². The molecule has 0 unspecified atom stereocenters. The van der Waals surface area contributed by atoms with Gasteiger partial charge in [0.2, 0.25) is 11.8 Å². The lowest BCUT2D eigenvalue weighted by molar-refractivity contribution is -0.140. The van der Waals surface area contributed by atoms with E-state index in [2.05, 4.69) is 5.32 Å². The number of hydrogen-bond acceptors (Lipinski definition) is 6. The first kappa shape index (κ1) is 36.5. The van der Waals surface area contributed by atoms with Crippen LogP contribution in [0.3, 0.4) is 0 Å². The molecule has 0 aliphatic heterocycles. The molecule has 0 saturated heterocycles. The van der Waals surface area contributed by atoms with Gasteiger partial charge in [0.25, 0.3) is 10.0 Å². The van der Waals surface area contributed by atoms with Crippen LogP contribution in [-0.2, 0) is 32.6 Å². The van der Waals surface area contributed by atoms with Gasteiger partial charge in [-0.2, -0.15) is 0 Å². The molecule has 2 amide bonds. The van der Waals surface area contributed by atoms with E-state index in [0.717, 1.165) is 14.8 Å². The maximum Gasteiger partial charge on any atom is 0.264 e. The Balaban J connectivity index is 1.85. The molecular formula is C37H42FN3O5S2. The van der Waals surface area contributed by atoms with Gasteiger partial charge in [-0.3, -0.25) is 13.9 Å². The van der Waals surface area contributed by atoms with Crippen LogP contribution in [0.15, 0.2) is 113 Å². The van der Waals surface area contributed by atoms with E-state index in [0.29, 0.717) is 6.42 Å². The van der Waals surface area contributed by atoms with Crippen molar-refractivity contribution in [2.24, 2.45) is 0 Å². The van der Waals surface area contributed by atoms with Crippen molar-refractivity contribution in [3.8, 4) is 5.75 Å². The number of sulfonamides is 1. The second-order valence-corrected chi connectivity index (χ2v) is 14.0. The van der Waals surface area contributed by atoms with Gasteiger partial charge in [-0.25, -0.2) is 12.8 Å². The monoisotopic (exact) mass is 691 g/mol.